The van der Waals surface area contributed by atoms with Gasteiger partial charge in [0.2, 0.25) is 0 Å². The van der Waals surface area contributed by atoms with Gasteiger partial charge in [-0.05, 0) is 24.1 Å². The van der Waals surface area contributed by atoms with Crippen LogP contribution in [0, 0.1) is 6.92 Å². The van der Waals surface area contributed by atoms with E-state index in [1.54, 1.807) is 0 Å². The van der Waals surface area contributed by atoms with Crippen LogP contribution in [0.2, 0.25) is 0 Å². The Morgan fingerprint density at radius 3 is 3.09 bits per heavy atom. The van der Waals surface area contributed by atoms with Crippen molar-refractivity contribution < 1.29 is 0 Å². The standard InChI is InChI=1S/C9H8BrN/c1-6-2-7-4-11-5-8(7)9(10)3-6/h2-3,5H,4H2,1H3. The average molecular weight is 210 g/mol. The van der Waals surface area contributed by atoms with E-state index in [4.69, 9.17) is 0 Å². The maximum atomic E-state index is 4.20. The molecule has 1 aromatic rings. The van der Waals surface area contributed by atoms with Crippen LogP contribution in [0.3, 0.4) is 0 Å². The zero-order chi connectivity index (χ0) is 7.84. The molecule has 0 atom stereocenters. The molecule has 1 aromatic carbocycles. The van der Waals surface area contributed by atoms with Crippen molar-refractivity contribution in [3.63, 3.8) is 0 Å². The van der Waals surface area contributed by atoms with E-state index in [1.807, 2.05) is 6.21 Å². The van der Waals surface area contributed by atoms with Crippen molar-refractivity contribution in [1.29, 1.82) is 0 Å². The summed E-state index contributed by atoms with van der Waals surface area (Å²) in [6.07, 6.45) is 1.93. The van der Waals surface area contributed by atoms with Gasteiger partial charge < -0.3 is 0 Å². The predicted molar refractivity (Wildman–Crippen MR) is 50.2 cm³/mol. The molecule has 1 nitrogen and oxygen atoms in total. The molecule has 11 heavy (non-hydrogen) atoms. The number of benzene rings is 1. The minimum Gasteiger partial charge on any atom is -0.288 e. The topological polar surface area (TPSA) is 12.4 Å². The first kappa shape index (κ1) is 7.04. The first-order chi connectivity index (χ1) is 5.27. The molecule has 0 radical (unpaired) electrons. The molecule has 56 valence electrons. The number of hydrogen-bond donors (Lipinski definition) is 0. The normalized spacial score (nSPS) is 13.6. The zero-order valence-electron chi connectivity index (χ0n) is 6.26. The van der Waals surface area contributed by atoms with Crippen LogP contribution >= 0.6 is 15.9 Å². The van der Waals surface area contributed by atoms with E-state index in [1.165, 1.54) is 16.7 Å². The van der Waals surface area contributed by atoms with Crippen molar-refractivity contribution in [3.05, 3.63) is 33.3 Å². The summed E-state index contributed by atoms with van der Waals surface area (Å²) < 4.78 is 1.16. The Morgan fingerprint density at radius 1 is 1.45 bits per heavy atom. The van der Waals surface area contributed by atoms with Crippen LogP contribution in [-0.4, -0.2) is 6.21 Å². The summed E-state index contributed by atoms with van der Waals surface area (Å²) in [6, 6.07) is 4.31. The smallest absolute Gasteiger partial charge is 0.0646 e. The van der Waals surface area contributed by atoms with Crippen LogP contribution in [0.15, 0.2) is 21.6 Å². The van der Waals surface area contributed by atoms with Gasteiger partial charge in [-0.2, -0.15) is 0 Å². The summed E-state index contributed by atoms with van der Waals surface area (Å²) >= 11 is 3.51. The third-order valence-electron chi connectivity index (χ3n) is 1.84. The number of hydrogen-bond acceptors (Lipinski definition) is 1. The lowest BCUT2D eigenvalue weighted by Gasteiger charge is -2.01. The fourth-order valence-electron chi connectivity index (χ4n) is 1.34. The number of aliphatic imine (C=N–C) groups is 1. The maximum Gasteiger partial charge on any atom is 0.0646 e. The molecule has 0 aliphatic carbocycles. The SMILES string of the molecule is Cc1cc(Br)c2c(c1)CN=C2. The maximum absolute atomic E-state index is 4.20. The van der Waals surface area contributed by atoms with Crippen LogP contribution in [0.5, 0.6) is 0 Å². The molecule has 0 saturated heterocycles. The molecule has 0 fully saturated rings. The molecule has 1 aliphatic rings. The van der Waals surface area contributed by atoms with Crippen molar-refractivity contribution in [2.45, 2.75) is 13.5 Å². The Balaban J connectivity index is 2.67. The van der Waals surface area contributed by atoms with E-state index in [2.05, 4.69) is 40.0 Å². The Kier molecular flexibility index (Phi) is 1.57. The van der Waals surface area contributed by atoms with Crippen LogP contribution in [0.25, 0.3) is 0 Å². The average Bonchev–Trinajstić information content (AvgIpc) is 2.34. The lowest BCUT2D eigenvalue weighted by molar-refractivity contribution is 1.10. The highest BCUT2D eigenvalue weighted by Crippen LogP contribution is 2.24. The molecule has 0 bridgehead atoms. The minimum absolute atomic E-state index is 0.843. The van der Waals surface area contributed by atoms with Crippen molar-refractivity contribution in [2.75, 3.05) is 0 Å². The molecular weight excluding hydrogens is 202 g/mol. The van der Waals surface area contributed by atoms with E-state index < -0.39 is 0 Å². The molecule has 1 heterocycles. The Hall–Kier alpha value is -0.630. The van der Waals surface area contributed by atoms with Gasteiger partial charge in [0.1, 0.15) is 0 Å². The molecular formula is C9H8BrN. The molecule has 0 saturated carbocycles. The first-order valence-electron chi connectivity index (χ1n) is 3.56. The molecule has 0 aromatic heterocycles. The summed E-state index contributed by atoms with van der Waals surface area (Å²) in [7, 11) is 0. The zero-order valence-corrected chi connectivity index (χ0v) is 7.85. The van der Waals surface area contributed by atoms with Gasteiger partial charge in [-0.25, -0.2) is 0 Å². The second-order valence-electron chi connectivity index (χ2n) is 2.79. The number of fused-ring (bicyclic) bond motifs is 1. The fourth-order valence-corrected chi connectivity index (χ4v) is 2.05. The van der Waals surface area contributed by atoms with Crippen LogP contribution in [0.4, 0.5) is 0 Å². The van der Waals surface area contributed by atoms with Gasteiger partial charge in [-0.15, -0.1) is 0 Å². The highest BCUT2D eigenvalue weighted by atomic mass is 79.9. The van der Waals surface area contributed by atoms with Gasteiger partial charge in [0.05, 0.1) is 6.54 Å². The third-order valence-corrected chi connectivity index (χ3v) is 2.50. The number of nitrogens with zero attached hydrogens (tertiary/aromatic N) is 1. The molecule has 0 unspecified atom stereocenters. The third kappa shape index (κ3) is 1.11. The van der Waals surface area contributed by atoms with Gasteiger partial charge in [-0.3, -0.25) is 4.99 Å². The quantitative estimate of drug-likeness (QED) is 0.624. The Labute approximate surface area is 74.3 Å². The molecule has 0 amide bonds. The van der Waals surface area contributed by atoms with E-state index in [0.717, 1.165) is 11.0 Å². The van der Waals surface area contributed by atoms with Crippen LogP contribution in [-0.2, 0) is 6.54 Å². The van der Waals surface area contributed by atoms with Crippen LogP contribution in [0.1, 0.15) is 16.7 Å². The lowest BCUT2D eigenvalue weighted by Crippen LogP contribution is -1.87. The summed E-state index contributed by atoms with van der Waals surface area (Å²) in [5.41, 5.74) is 3.87. The highest BCUT2D eigenvalue weighted by molar-refractivity contribution is 9.10. The second kappa shape index (κ2) is 2.45. The summed E-state index contributed by atoms with van der Waals surface area (Å²) in [4.78, 5) is 4.20. The minimum atomic E-state index is 0.843. The number of rotatable bonds is 0. The monoisotopic (exact) mass is 209 g/mol. The predicted octanol–water partition coefficient (Wildman–Crippen LogP) is 2.69. The number of halogens is 1. The van der Waals surface area contributed by atoms with Crippen molar-refractivity contribution in [1.82, 2.24) is 0 Å². The highest BCUT2D eigenvalue weighted by Gasteiger charge is 2.09. The van der Waals surface area contributed by atoms with Gasteiger partial charge >= 0.3 is 0 Å². The summed E-state index contributed by atoms with van der Waals surface area (Å²) in [5, 5.41) is 0. The molecule has 0 N–H and O–H groups in total. The number of aryl methyl sites for hydroxylation is 1. The van der Waals surface area contributed by atoms with Crippen molar-refractivity contribution >= 4 is 22.1 Å². The molecule has 2 heteroatoms. The van der Waals surface area contributed by atoms with Gasteiger partial charge in [0.15, 0.2) is 0 Å². The lowest BCUT2D eigenvalue weighted by atomic mass is 10.1. The van der Waals surface area contributed by atoms with Gasteiger partial charge in [0.25, 0.3) is 0 Å². The largest absolute Gasteiger partial charge is 0.288 e. The van der Waals surface area contributed by atoms with Gasteiger partial charge in [0, 0.05) is 16.3 Å². The van der Waals surface area contributed by atoms with Crippen molar-refractivity contribution in [2.24, 2.45) is 4.99 Å². The fraction of sp³-hybridized carbons (Fsp3) is 0.222. The molecule has 2 rings (SSSR count). The first-order valence-corrected chi connectivity index (χ1v) is 4.35. The second-order valence-corrected chi connectivity index (χ2v) is 3.64. The van der Waals surface area contributed by atoms with Crippen molar-refractivity contribution in [3.8, 4) is 0 Å². The summed E-state index contributed by atoms with van der Waals surface area (Å²) in [6.45, 7) is 2.94. The van der Waals surface area contributed by atoms with E-state index >= 15 is 0 Å². The van der Waals surface area contributed by atoms with E-state index in [9.17, 15) is 0 Å². The van der Waals surface area contributed by atoms with Gasteiger partial charge in [-0.1, -0.05) is 22.0 Å². The summed E-state index contributed by atoms with van der Waals surface area (Å²) in [5.74, 6) is 0. The molecule has 0 spiro atoms. The Morgan fingerprint density at radius 2 is 2.27 bits per heavy atom. The molecule has 1 aliphatic heterocycles. The van der Waals surface area contributed by atoms with E-state index in [-0.39, 0.29) is 0 Å². The van der Waals surface area contributed by atoms with E-state index in [0.29, 0.717) is 0 Å². The van der Waals surface area contributed by atoms with Crippen LogP contribution < -0.4 is 0 Å². The Bertz CT molecular complexity index is 329.